The number of ether oxygens (including phenoxy) is 1. The molecule has 1 aliphatic rings. The van der Waals surface area contributed by atoms with Crippen LogP contribution in [0.25, 0.3) is 22.5 Å². The lowest BCUT2D eigenvalue weighted by atomic mass is 9.93. The van der Waals surface area contributed by atoms with E-state index in [9.17, 15) is 14.7 Å². The number of aromatic nitrogens is 1. The van der Waals surface area contributed by atoms with Crippen molar-refractivity contribution in [2.45, 2.75) is 51.6 Å². The van der Waals surface area contributed by atoms with E-state index in [1.165, 1.54) is 5.56 Å². The quantitative estimate of drug-likeness (QED) is 0.258. The van der Waals surface area contributed by atoms with Crippen LogP contribution in [0.4, 0.5) is 10.5 Å². The van der Waals surface area contributed by atoms with E-state index in [0.29, 0.717) is 30.0 Å². The molecule has 1 fully saturated rings. The zero-order valence-electron chi connectivity index (χ0n) is 21.7. The van der Waals surface area contributed by atoms with Crippen molar-refractivity contribution >= 4 is 17.7 Å². The molecule has 1 saturated carbocycles. The monoisotopic (exact) mass is 510 g/mol. The van der Waals surface area contributed by atoms with Crippen LogP contribution in [0.2, 0.25) is 0 Å². The van der Waals surface area contributed by atoms with Crippen LogP contribution in [-0.2, 0) is 21.4 Å². The number of carbonyl (C=O) groups is 2. The number of carboxylic acid groups (broad SMARTS) is 1. The normalized spacial score (nSPS) is 14.5. The fourth-order valence-electron chi connectivity index (χ4n) is 4.69. The standard InChI is InChI=1S/C31H30N2O5/c1-4-21-6-5-7-25(18-21)20(3)37-30(36)32-27-19(2)33-38-28(27)24-10-8-22(9-11-24)23-12-14-26(15-13-23)31(16-17-31)29(34)35/h5-15,18,20H,4,16-17H2,1-3H3,(H,32,36)(H,34,35)/t20-/m1/s1. The van der Waals surface area contributed by atoms with Gasteiger partial charge in [0.05, 0.1) is 5.41 Å². The summed E-state index contributed by atoms with van der Waals surface area (Å²) in [5, 5.41) is 16.4. The van der Waals surface area contributed by atoms with Gasteiger partial charge in [-0.1, -0.05) is 84.9 Å². The number of aliphatic carboxylic acids is 1. The molecule has 7 nitrogen and oxygen atoms in total. The summed E-state index contributed by atoms with van der Waals surface area (Å²) in [6, 6.07) is 23.4. The maximum atomic E-state index is 12.7. The molecule has 2 N–H and O–H groups in total. The van der Waals surface area contributed by atoms with Crippen molar-refractivity contribution in [2.75, 3.05) is 5.32 Å². The SMILES string of the molecule is CCc1cccc([C@@H](C)OC(=O)Nc2c(C)noc2-c2ccc(-c3ccc(C4(C(=O)O)CC4)cc3)cc2)c1. The second-order valence-corrected chi connectivity index (χ2v) is 9.79. The van der Waals surface area contributed by atoms with Crippen molar-refractivity contribution in [3.63, 3.8) is 0 Å². The molecule has 4 aromatic rings. The Kier molecular flexibility index (Phi) is 6.76. The molecule has 1 amide bonds. The molecule has 1 heterocycles. The Bertz CT molecular complexity index is 1470. The van der Waals surface area contributed by atoms with Crippen molar-refractivity contribution in [3.05, 3.63) is 95.2 Å². The van der Waals surface area contributed by atoms with Gasteiger partial charge in [0.15, 0.2) is 5.76 Å². The highest BCUT2D eigenvalue weighted by Gasteiger charge is 2.51. The highest BCUT2D eigenvalue weighted by molar-refractivity contribution is 5.91. The first-order valence-corrected chi connectivity index (χ1v) is 12.8. The van der Waals surface area contributed by atoms with E-state index >= 15 is 0 Å². The zero-order chi connectivity index (χ0) is 26.9. The average Bonchev–Trinajstić information content (AvgIpc) is 3.68. The predicted molar refractivity (Wildman–Crippen MR) is 145 cm³/mol. The molecule has 0 radical (unpaired) electrons. The molecule has 194 valence electrons. The smallest absolute Gasteiger partial charge is 0.412 e. The summed E-state index contributed by atoms with van der Waals surface area (Å²) in [6.45, 7) is 5.69. The number of nitrogens with zero attached hydrogens (tertiary/aromatic N) is 1. The van der Waals surface area contributed by atoms with Crippen molar-refractivity contribution in [3.8, 4) is 22.5 Å². The van der Waals surface area contributed by atoms with Gasteiger partial charge in [-0.15, -0.1) is 0 Å². The number of anilines is 1. The number of carbonyl (C=O) groups excluding carboxylic acids is 1. The van der Waals surface area contributed by atoms with Gasteiger partial charge in [-0.05, 0) is 60.9 Å². The molecule has 1 aliphatic carbocycles. The number of hydrogen-bond acceptors (Lipinski definition) is 5. The molecule has 0 saturated heterocycles. The molecular formula is C31H30N2O5. The number of aryl methyl sites for hydroxylation is 2. The summed E-state index contributed by atoms with van der Waals surface area (Å²) >= 11 is 0. The predicted octanol–water partition coefficient (Wildman–Crippen LogP) is 7.31. The summed E-state index contributed by atoms with van der Waals surface area (Å²) < 4.78 is 11.2. The molecule has 1 atom stereocenters. The van der Waals surface area contributed by atoms with Crippen LogP contribution in [-0.4, -0.2) is 22.3 Å². The molecule has 0 bridgehead atoms. The maximum absolute atomic E-state index is 12.7. The topological polar surface area (TPSA) is 102 Å². The molecule has 38 heavy (non-hydrogen) atoms. The van der Waals surface area contributed by atoms with Gasteiger partial charge in [0, 0.05) is 5.56 Å². The van der Waals surface area contributed by atoms with Crippen LogP contribution >= 0.6 is 0 Å². The van der Waals surface area contributed by atoms with E-state index in [4.69, 9.17) is 9.26 Å². The molecule has 0 spiro atoms. The number of nitrogens with one attached hydrogen (secondary N) is 1. The zero-order valence-corrected chi connectivity index (χ0v) is 21.7. The van der Waals surface area contributed by atoms with Crippen molar-refractivity contribution < 1.29 is 24.0 Å². The van der Waals surface area contributed by atoms with Gasteiger partial charge >= 0.3 is 12.1 Å². The van der Waals surface area contributed by atoms with Crippen LogP contribution in [0.3, 0.4) is 0 Å². The van der Waals surface area contributed by atoms with Crippen LogP contribution in [0.15, 0.2) is 77.3 Å². The second-order valence-electron chi connectivity index (χ2n) is 9.79. The Balaban J connectivity index is 1.29. The van der Waals surface area contributed by atoms with Crippen LogP contribution in [0, 0.1) is 6.92 Å². The van der Waals surface area contributed by atoms with Gasteiger partial charge in [0.2, 0.25) is 0 Å². The van der Waals surface area contributed by atoms with Gasteiger partial charge in [0.25, 0.3) is 0 Å². The Morgan fingerprint density at radius 1 is 1.03 bits per heavy atom. The average molecular weight is 511 g/mol. The third-order valence-electron chi connectivity index (χ3n) is 7.28. The summed E-state index contributed by atoms with van der Waals surface area (Å²) in [4.78, 5) is 24.3. The first-order valence-electron chi connectivity index (χ1n) is 12.8. The third kappa shape index (κ3) is 4.92. The number of rotatable bonds is 8. The fourth-order valence-corrected chi connectivity index (χ4v) is 4.69. The third-order valence-corrected chi connectivity index (χ3v) is 7.28. The van der Waals surface area contributed by atoms with E-state index in [0.717, 1.165) is 34.2 Å². The molecule has 1 aromatic heterocycles. The number of benzene rings is 3. The highest BCUT2D eigenvalue weighted by atomic mass is 16.6. The van der Waals surface area contributed by atoms with Gasteiger partial charge in [0.1, 0.15) is 17.5 Å². The summed E-state index contributed by atoms with van der Waals surface area (Å²) in [6.07, 6.45) is 1.27. The van der Waals surface area contributed by atoms with Crippen LogP contribution < -0.4 is 5.32 Å². The van der Waals surface area contributed by atoms with Gasteiger partial charge in [-0.2, -0.15) is 0 Å². The largest absolute Gasteiger partial charge is 0.481 e. The number of hydrogen-bond donors (Lipinski definition) is 2. The number of carboxylic acids is 1. The van der Waals surface area contributed by atoms with Gasteiger partial charge in [-0.3, -0.25) is 10.1 Å². The fraction of sp³-hybridized carbons (Fsp3) is 0.258. The Hall–Kier alpha value is -4.39. The lowest BCUT2D eigenvalue weighted by molar-refractivity contribution is -0.140. The Morgan fingerprint density at radius 3 is 2.26 bits per heavy atom. The number of amides is 1. The summed E-state index contributed by atoms with van der Waals surface area (Å²) in [5.74, 6) is -0.315. The minimum absolute atomic E-state index is 0.416. The molecule has 0 aliphatic heterocycles. The van der Waals surface area contributed by atoms with E-state index in [-0.39, 0.29) is 0 Å². The lowest BCUT2D eigenvalue weighted by Gasteiger charge is -2.15. The van der Waals surface area contributed by atoms with E-state index in [2.05, 4.69) is 17.4 Å². The second kappa shape index (κ2) is 10.2. The van der Waals surface area contributed by atoms with Gasteiger partial charge in [-0.25, -0.2) is 4.79 Å². The van der Waals surface area contributed by atoms with E-state index in [1.807, 2.05) is 79.7 Å². The van der Waals surface area contributed by atoms with Gasteiger partial charge < -0.3 is 14.4 Å². The minimum Gasteiger partial charge on any atom is -0.481 e. The summed E-state index contributed by atoms with van der Waals surface area (Å²) in [5.41, 5.74) is 5.98. The first-order chi connectivity index (χ1) is 18.3. The maximum Gasteiger partial charge on any atom is 0.412 e. The Labute approximate surface area is 221 Å². The molecule has 5 rings (SSSR count). The first kappa shape index (κ1) is 25.3. The van der Waals surface area contributed by atoms with Crippen LogP contribution in [0.5, 0.6) is 0 Å². The van der Waals surface area contributed by atoms with Crippen LogP contribution in [0.1, 0.15) is 55.2 Å². The Morgan fingerprint density at radius 2 is 1.66 bits per heavy atom. The molecule has 7 heteroatoms. The minimum atomic E-state index is -0.759. The summed E-state index contributed by atoms with van der Waals surface area (Å²) in [7, 11) is 0. The molecule has 3 aromatic carbocycles. The highest BCUT2D eigenvalue weighted by Crippen LogP contribution is 2.48. The molecular weight excluding hydrogens is 480 g/mol. The molecule has 0 unspecified atom stereocenters. The lowest BCUT2D eigenvalue weighted by Crippen LogP contribution is -2.19. The van der Waals surface area contributed by atoms with Crippen molar-refractivity contribution in [1.29, 1.82) is 0 Å². The van der Waals surface area contributed by atoms with E-state index in [1.54, 1.807) is 6.92 Å². The van der Waals surface area contributed by atoms with Crippen molar-refractivity contribution in [1.82, 2.24) is 5.16 Å². The van der Waals surface area contributed by atoms with E-state index < -0.39 is 23.6 Å². The van der Waals surface area contributed by atoms with Crippen molar-refractivity contribution in [2.24, 2.45) is 0 Å².